The molecule has 2 fully saturated rings. The molecule has 2 aliphatic heterocycles. The maximum atomic E-state index is 6.14. The first kappa shape index (κ1) is 26.1. The van der Waals surface area contributed by atoms with Gasteiger partial charge in [0, 0.05) is 52.6 Å². The molecule has 1 N–H and O–H groups in total. The maximum Gasteiger partial charge on any atom is 0.193 e. The average Bonchev–Trinajstić information content (AvgIpc) is 2.81. The maximum absolute atomic E-state index is 6.14. The lowest BCUT2D eigenvalue weighted by Crippen LogP contribution is -2.47. The van der Waals surface area contributed by atoms with Gasteiger partial charge in [0.2, 0.25) is 0 Å². The van der Waals surface area contributed by atoms with Crippen molar-refractivity contribution < 1.29 is 9.47 Å². The molecule has 0 amide bonds. The molecule has 7 nitrogen and oxygen atoms in total. The number of likely N-dealkylation sites (tertiary alicyclic amines) is 1. The Labute approximate surface area is 205 Å². The van der Waals surface area contributed by atoms with Crippen molar-refractivity contribution in [2.45, 2.75) is 64.7 Å². The van der Waals surface area contributed by atoms with Gasteiger partial charge in [0.05, 0.1) is 18.8 Å². The van der Waals surface area contributed by atoms with Crippen molar-refractivity contribution in [3.05, 3.63) is 23.9 Å². The van der Waals surface area contributed by atoms with E-state index in [9.17, 15) is 0 Å². The highest BCUT2D eigenvalue weighted by Gasteiger charge is 2.23. The van der Waals surface area contributed by atoms with Gasteiger partial charge in [-0.15, -0.1) is 24.0 Å². The summed E-state index contributed by atoms with van der Waals surface area (Å²) in [6, 6.07) is 4.25. The molecular formula is C23H40IN5O2. The molecule has 2 aliphatic rings. The third kappa shape index (κ3) is 8.05. The highest BCUT2D eigenvalue weighted by molar-refractivity contribution is 14.0. The van der Waals surface area contributed by atoms with Gasteiger partial charge < -0.3 is 24.6 Å². The summed E-state index contributed by atoms with van der Waals surface area (Å²) >= 11 is 0. The van der Waals surface area contributed by atoms with Gasteiger partial charge in [-0.3, -0.25) is 4.99 Å². The number of guanidine groups is 1. The molecule has 1 atom stereocenters. The fraction of sp³-hybridized carbons (Fsp3) is 0.739. The Morgan fingerprint density at radius 3 is 2.58 bits per heavy atom. The lowest BCUT2D eigenvalue weighted by molar-refractivity contribution is -0.0721. The van der Waals surface area contributed by atoms with Crippen molar-refractivity contribution in [2.75, 3.05) is 51.3 Å². The van der Waals surface area contributed by atoms with Gasteiger partial charge in [-0.25, -0.2) is 4.98 Å². The van der Waals surface area contributed by atoms with Crippen molar-refractivity contribution in [3.8, 4) is 0 Å². The Balaban J connectivity index is 0.00000341. The van der Waals surface area contributed by atoms with Gasteiger partial charge in [0.15, 0.2) is 5.96 Å². The monoisotopic (exact) mass is 545 g/mol. The molecule has 0 aliphatic carbocycles. The van der Waals surface area contributed by atoms with Crippen LogP contribution >= 0.6 is 24.0 Å². The molecule has 2 saturated heterocycles. The van der Waals surface area contributed by atoms with Gasteiger partial charge in [-0.05, 0) is 57.6 Å². The number of hydrogen-bond acceptors (Lipinski definition) is 5. The highest BCUT2D eigenvalue weighted by Crippen LogP contribution is 2.18. The van der Waals surface area contributed by atoms with Gasteiger partial charge in [0.1, 0.15) is 5.82 Å². The summed E-state index contributed by atoms with van der Waals surface area (Å²) in [5, 5.41) is 3.49. The first-order valence-electron chi connectivity index (χ1n) is 11.6. The van der Waals surface area contributed by atoms with E-state index in [1.54, 1.807) is 0 Å². The lowest BCUT2D eigenvalue weighted by Gasteiger charge is -2.35. The SMILES string of the molecule is CCN(CC)c1ccc(CNC(=NC)N2CCC(OCC3CCCCO3)CC2)cn1.I. The molecule has 8 heteroatoms. The number of hydrogen-bond donors (Lipinski definition) is 1. The van der Waals surface area contributed by atoms with Crippen LogP contribution in [0.15, 0.2) is 23.3 Å². The average molecular weight is 546 g/mol. The standard InChI is InChI=1S/C23H39N5O2.HI/c1-4-27(5-2)22-10-9-19(16-25-22)17-26-23(24-3)28-13-11-20(12-14-28)30-18-21-8-6-7-15-29-21;/h9-10,16,20-21H,4-8,11-15,17-18H2,1-3H3,(H,24,26);1H. The van der Waals surface area contributed by atoms with Gasteiger partial charge in [-0.1, -0.05) is 6.07 Å². The number of ether oxygens (including phenoxy) is 2. The molecule has 31 heavy (non-hydrogen) atoms. The number of pyridine rings is 1. The van der Waals surface area contributed by atoms with Crippen LogP contribution in [-0.2, 0) is 16.0 Å². The summed E-state index contributed by atoms with van der Waals surface area (Å²) in [7, 11) is 1.85. The molecular weight excluding hydrogens is 505 g/mol. The third-order valence-electron chi connectivity index (χ3n) is 6.09. The number of aliphatic imine (C=N–C) groups is 1. The number of nitrogens with zero attached hydrogens (tertiary/aromatic N) is 4. The van der Waals surface area contributed by atoms with Gasteiger partial charge in [-0.2, -0.15) is 0 Å². The van der Waals surface area contributed by atoms with Crippen molar-refractivity contribution in [1.29, 1.82) is 0 Å². The summed E-state index contributed by atoms with van der Waals surface area (Å²) in [6.45, 7) is 10.6. The normalized spacial score (nSPS) is 20.3. The van der Waals surface area contributed by atoms with Crippen molar-refractivity contribution in [3.63, 3.8) is 0 Å². The molecule has 1 aromatic rings. The topological polar surface area (TPSA) is 62.2 Å². The zero-order valence-corrected chi connectivity index (χ0v) is 21.7. The minimum atomic E-state index is 0. The Morgan fingerprint density at radius 1 is 1.23 bits per heavy atom. The van der Waals surface area contributed by atoms with Crippen LogP contribution < -0.4 is 10.2 Å². The van der Waals surface area contributed by atoms with Crippen molar-refractivity contribution >= 4 is 35.8 Å². The van der Waals surface area contributed by atoms with Crippen LogP contribution in [0.2, 0.25) is 0 Å². The predicted molar refractivity (Wildman–Crippen MR) is 138 cm³/mol. The minimum absolute atomic E-state index is 0. The number of aromatic nitrogens is 1. The van der Waals surface area contributed by atoms with E-state index in [2.05, 4.69) is 51.1 Å². The van der Waals surface area contributed by atoms with Crippen molar-refractivity contribution in [2.24, 2.45) is 4.99 Å². The predicted octanol–water partition coefficient (Wildman–Crippen LogP) is 3.67. The molecule has 0 spiro atoms. The second kappa shape index (κ2) is 14.1. The zero-order valence-electron chi connectivity index (χ0n) is 19.4. The summed E-state index contributed by atoms with van der Waals surface area (Å²) in [6.07, 6.45) is 8.26. The molecule has 0 aromatic carbocycles. The number of rotatable bonds is 8. The third-order valence-corrected chi connectivity index (χ3v) is 6.09. The first-order chi connectivity index (χ1) is 14.7. The molecule has 3 rings (SSSR count). The van der Waals surface area contributed by atoms with E-state index in [0.717, 1.165) is 82.5 Å². The van der Waals surface area contributed by atoms with Crippen LogP contribution in [0.3, 0.4) is 0 Å². The second-order valence-electron chi connectivity index (χ2n) is 8.11. The molecule has 176 valence electrons. The van der Waals surface area contributed by atoms with Crippen molar-refractivity contribution in [1.82, 2.24) is 15.2 Å². The summed E-state index contributed by atoms with van der Waals surface area (Å²) in [5.41, 5.74) is 1.16. The zero-order chi connectivity index (χ0) is 21.2. The molecule has 1 aromatic heterocycles. The van der Waals surface area contributed by atoms with E-state index in [4.69, 9.17) is 9.47 Å². The smallest absolute Gasteiger partial charge is 0.193 e. The van der Waals surface area contributed by atoms with Gasteiger partial charge in [0.25, 0.3) is 0 Å². The largest absolute Gasteiger partial charge is 0.376 e. The summed E-state index contributed by atoms with van der Waals surface area (Å²) in [4.78, 5) is 13.7. The van der Waals surface area contributed by atoms with E-state index in [-0.39, 0.29) is 24.0 Å². The Bertz CT molecular complexity index is 640. The lowest BCUT2D eigenvalue weighted by atomic mass is 10.1. The molecule has 1 unspecified atom stereocenters. The van der Waals surface area contributed by atoms with Crippen LogP contribution in [0.5, 0.6) is 0 Å². The van der Waals surface area contributed by atoms with Crippen LogP contribution in [-0.4, -0.2) is 74.5 Å². The van der Waals surface area contributed by atoms with E-state index < -0.39 is 0 Å². The van der Waals surface area contributed by atoms with E-state index in [0.29, 0.717) is 12.2 Å². The van der Waals surface area contributed by atoms with Crippen LogP contribution in [0.1, 0.15) is 51.5 Å². The first-order valence-corrected chi connectivity index (χ1v) is 11.6. The fourth-order valence-electron chi connectivity index (χ4n) is 4.19. The molecule has 0 radical (unpaired) electrons. The van der Waals surface area contributed by atoms with E-state index in [1.165, 1.54) is 12.8 Å². The minimum Gasteiger partial charge on any atom is -0.376 e. The highest BCUT2D eigenvalue weighted by atomic mass is 127. The number of nitrogens with one attached hydrogen (secondary N) is 1. The van der Waals surface area contributed by atoms with Crippen LogP contribution in [0.25, 0.3) is 0 Å². The quantitative estimate of drug-likeness (QED) is 0.306. The number of anilines is 1. The Morgan fingerprint density at radius 2 is 2.00 bits per heavy atom. The molecule has 0 saturated carbocycles. The van der Waals surface area contributed by atoms with Gasteiger partial charge >= 0.3 is 0 Å². The van der Waals surface area contributed by atoms with Crippen LogP contribution in [0.4, 0.5) is 5.82 Å². The summed E-state index contributed by atoms with van der Waals surface area (Å²) < 4.78 is 11.9. The van der Waals surface area contributed by atoms with E-state index >= 15 is 0 Å². The summed E-state index contributed by atoms with van der Waals surface area (Å²) in [5.74, 6) is 1.99. The molecule has 0 bridgehead atoms. The Hall–Kier alpha value is -1.13. The molecule has 3 heterocycles. The fourth-order valence-corrected chi connectivity index (χ4v) is 4.19. The number of halogens is 1. The van der Waals surface area contributed by atoms with Crippen LogP contribution in [0, 0.1) is 0 Å². The second-order valence-corrected chi connectivity index (χ2v) is 8.11. The number of piperidine rings is 1. The van der Waals surface area contributed by atoms with E-state index in [1.807, 2.05) is 13.2 Å². The Kier molecular flexibility index (Phi) is 11.9.